The largest absolute Gasteiger partial charge is 0.403 e. The molecule has 0 aromatic carbocycles. The van der Waals surface area contributed by atoms with Gasteiger partial charge in [0.15, 0.2) is 5.41 Å². The lowest BCUT2D eigenvalue weighted by Gasteiger charge is -2.48. The number of amides is 2. The van der Waals surface area contributed by atoms with Crippen molar-refractivity contribution in [3.8, 4) is 0 Å². The Balaban J connectivity index is 1.79. The number of nitrogens with one attached hydrogen (secondary N) is 1. The summed E-state index contributed by atoms with van der Waals surface area (Å²) in [6.07, 6.45) is -9.13. The average molecular weight is 400 g/mol. The molecule has 0 aromatic heterocycles. The van der Waals surface area contributed by atoms with Crippen molar-refractivity contribution in [3.05, 3.63) is 0 Å². The third-order valence-electron chi connectivity index (χ3n) is 5.47. The lowest BCUT2D eigenvalue weighted by molar-refractivity contribution is -0.299. The summed E-state index contributed by atoms with van der Waals surface area (Å²) < 4.78 is 80.4. The van der Waals surface area contributed by atoms with Gasteiger partial charge in [0.25, 0.3) is 5.92 Å². The van der Waals surface area contributed by atoms with Gasteiger partial charge >= 0.3 is 6.18 Å². The van der Waals surface area contributed by atoms with Crippen molar-refractivity contribution < 1.29 is 40.7 Å². The van der Waals surface area contributed by atoms with E-state index in [1.165, 1.54) is 0 Å². The highest BCUT2D eigenvalue weighted by Crippen LogP contribution is 2.61. The molecular weight excluding hydrogens is 382 g/mol. The summed E-state index contributed by atoms with van der Waals surface area (Å²) in [7, 11) is 0. The van der Waals surface area contributed by atoms with Crippen molar-refractivity contribution in [1.82, 2.24) is 10.2 Å². The van der Waals surface area contributed by atoms with Crippen LogP contribution in [0.1, 0.15) is 32.1 Å². The Morgan fingerprint density at radius 1 is 1.19 bits per heavy atom. The van der Waals surface area contributed by atoms with E-state index in [0.29, 0.717) is 24.0 Å². The van der Waals surface area contributed by atoms with Gasteiger partial charge < -0.3 is 15.0 Å². The first-order valence-corrected chi connectivity index (χ1v) is 8.55. The predicted molar refractivity (Wildman–Crippen MR) is 78.4 cm³/mol. The summed E-state index contributed by atoms with van der Waals surface area (Å²) in [5.41, 5.74) is -3.32. The van der Waals surface area contributed by atoms with Crippen LogP contribution < -0.4 is 5.32 Å². The van der Waals surface area contributed by atoms with Gasteiger partial charge in [-0.3, -0.25) is 9.59 Å². The van der Waals surface area contributed by atoms with Gasteiger partial charge in [0.05, 0.1) is 12.6 Å². The number of likely N-dealkylation sites (tertiary alicyclic amines) is 1. The number of hydrogen-bond acceptors (Lipinski definition) is 3. The van der Waals surface area contributed by atoms with E-state index in [4.69, 9.17) is 0 Å². The van der Waals surface area contributed by atoms with Crippen LogP contribution in [0.5, 0.6) is 0 Å². The zero-order valence-corrected chi connectivity index (χ0v) is 14.1. The summed E-state index contributed by atoms with van der Waals surface area (Å²) in [4.78, 5) is 36.3. The Hall–Kier alpha value is -1.81. The smallest absolute Gasteiger partial charge is 0.345 e. The van der Waals surface area contributed by atoms with E-state index in [1.54, 1.807) is 0 Å². The molecule has 11 heteroatoms. The second-order valence-electron chi connectivity index (χ2n) is 7.60. The van der Waals surface area contributed by atoms with Gasteiger partial charge in [0.2, 0.25) is 11.8 Å². The molecular formula is C16H18F6N2O3. The first-order chi connectivity index (χ1) is 12.4. The molecule has 1 unspecified atom stereocenters. The van der Waals surface area contributed by atoms with E-state index >= 15 is 0 Å². The number of halogens is 6. The minimum absolute atomic E-state index is 0.0926. The van der Waals surface area contributed by atoms with Crippen molar-refractivity contribution in [2.75, 3.05) is 6.54 Å². The molecule has 27 heavy (non-hydrogen) atoms. The van der Waals surface area contributed by atoms with E-state index in [-0.39, 0.29) is 5.92 Å². The zero-order valence-electron chi connectivity index (χ0n) is 14.1. The van der Waals surface area contributed by atoms with Crippen LogP contribution in [-0.4, -0.2) is 59.9 Å². The number of nitrogens with zero attached hydrogens (tertiary/aromatic N) is 1. The number of hydrogen-bond donors (Lipinski definition) is 1. The molecule has 0 bridgehead atoms. The highest BCUT2D eigenvalue weighted by atomic mass is 19.4. The van der Waals surface area contributed by atoms with Gasteiger partial charge in [-0.2, -0.15) is 13.2 Å². The normalized spacial score (nSPS) is 30.4. The first kappa shape index (κ1) is 19.9. The molecule has 2 saturated carbocycles. The molecule has 3 fully saturated rings. The maximum Gasteiger partial charge on any atom is 0.403 e. The van der Waals surface area contributed by atoms with Crippen LogP contribution in [0.15, 0.2) is 0 Å². The molecule has 0 spiro atoms. The Kier molecular flexibility index (Phi) is 4.70. The Morgan fingerprint density at radius 2 is 1.78 bits per heavy atom. The lowest BCUT2D eigenvalue weighted by atomic mass is 9.64. The van der Waals surface area contributed by atoms with Crippen LogP contribution in [0.25, 0.3) is 0 Å². The van der Waals surface area contributed by atoms with Crippen LogP contribution in [0.2, 0.25) is 0 Å². The van der Waals surface area contributed by atoms with E-state index < -0.39 is 73.4 Å². The maximum absolute atomic E-state index is 13.8. The first-order valence-electron chi connectivity index (χ1n) is 8.55. The fraction of sp³-hybridized carbons (Fsp3) is 0.812. The number of alkyl halides is 6. The van der Waals surface area contributed by atoms with E-state index in [9.17, 15) is 40.7 Å². The third kappa shape index (κ3) is 3.52. The molecule has 3 rings (SSSR count). The van der Waals surface area contributed by atoms with E-state index in [0.717, 1.165) is 0 Å². The second-order valence-corrected chi connectivity index (χ2v) is 7.60. The highest BCUT2D eigenvalue weighted by Gasteiger charge is 2.75. The Bertz CT molecular complexity index is 641. The molecule has 1 heterocycles. The van der Waals surface area contributed by atoms with Crippen molar-refractivity contribution >= 4 is 18.1 Å². The van der Waals surface area contributed by atoms with Crippen molar-refractivity contribution in [2.45, 2.75) is 62.5 Å². The van der Waals surface area contributed by atoms with Gasteiger partial charge in [-0.15, -0.1) is 0 Å². The summed E-state index contributed by atoms with van der Waals surface area (Å²) in [5, 5.41) is 2.32. The summed E-state index contributed by atoms with van der Waals surface area (Å²) in [6.45, 7) is -0.782. The zero-order chi connectivity index (χ0) is 20.2. The average Bonchev–Trinajstić information content (AvgIpc) is 3.29. The molecule has 3 atom stereocenters. The van der Waals surface area contributed by atoms with E-state index in [2.05, 4.69) is 5.32 Å². The summed E-state index contributed by atoms with van der Waals surface area (Å²) in [6, 6.07) is -2.43. The van der Waals surface area contributed by atoms with Crippen LogP contribution in [0.4, 0.5) is 26.3 Å². The maximum atomic E-state index is 13.8. The van der Waals surface area contributed by atoms with Crippen LogP contribution >= 0.6 is 0 Å². The van der Waals surface area contributed by atoms with Crippen LogP contribution in [0, 0.1) is 11.3 Å². The minimum atomic E-state index is -5.25. The Morgan fingerprint density at radius 3 is 2.22 bits per heavy atom. The number of aldehydes is 1. The van der Waals surface area contributed by atoms with Crippen molar-refractivity contribution in [2.24, 2.45) is 11.3 Å². The predicted octanol–water partition coefficient (Wildman–Crippen LogP) is 2.00. The number of carbonyl (C=O) groups is 3. The molecule has 152 valence electrons. The van der Waals surface area contributed by atoms with Crippen molar-refractivity contribution in [3.63, 3.8) is 0 Å². The molecule has 2 aliphatic carbocycles. The second kappa shape index (κ2) is 6.37. The topological polar surface area (TPSA) is 66.5 Å². The number of rotatable bonds is 5. The lowest BCUT2D eigenvalue weighted by Crippen LogP contribution is -2.64. The molecule has 5 nitrogen and oxygen atoms in total. The summed E-state index contributed by atoms with van der Waals surface area (Å²) >= 11 is 0. The van der Waals surface area contributed by atoms with Gasteiger partial charge in [0.1, 0.15) is 18.5 Å². The van der Waals surface area contributed by atoms with E-state index in [1.807, 2.05) is 0 Å². The molecule has 1 N–H and O–H groups in total. The molecule has 0 radical (unpaired) electrons. The third-order valence-corrected chi connectivity index (χ3v) is 5.47. The molecule has 1 aliphatic heterocycles. The highest BCUT2D eigenvalue weighted by molar-refractivity contribution is 5.93. The van der Waals surface area contributed by atoms with Gasteiger partial charge in [-0.25, -0.2) is 13.2 Å². The molecule has 1 saturated heterocycles. The SMILES string of the molecule is O=CC(NC(=O)[C@@H]1C[C@@H](F)CN1C(=O)C1(C(F)(F)F)CC(F)(F)C1)C1CC1. The van der Waals surface area contributed by atoms with Gasteiger partial charge in [-0.05, 0) is 18.8 Å². The van der Waals surface area contributed by atoms with Gasteiger partial charge in [-0.1, -0.05) is 0 Å². The number of carbonyl (C=O) groups excluding carboxylic acids is 3. The Labute approximate surface area is 150 Å². The van der Waals surface area contributed by atoms with Crippen molar-refractivity contribution in [1.29, 1.82) is 0 Å². The standard InChI is InChI=1S/C16H18F6N2O3/c17-9-3-11(12(26)23-10(5-25)8-1-2-8)24(4-9)13(27)14(16(20,21)22)6-15(18,19)7-14/h5,8-11H,1-4,6-7H2,(H,23,26)/t9-,10?,11+/m1/s1. The van der Waals surface area contributed by atoms with Crippen LogP contribution in [0.3, 0.4) is 0 Å². The van der Waals surface area contributed by atoms with Crippen LogP contribution in [-0.2, 0) is 14.4 Å². The quantitative estimate of drug-likeness (QED) is 0.567. The monoisotopic (exact) mass is 400 g/mol. The minimum Gasteiger partial charge on any atom is -0.345 e. The molecule has 2 amide bonds. The fourth-order valence-electron chi connectivity index (χ4n) is 3.82. The molecule has 0 aromatic rings. The molecule has 3 aliphatic rings. The fourth-order valence-corrected chi connectivity index (χ4v) is 3.82. The summed E-state index contributed by atoms with van der Waals surface area (Å²) in [5.74, 6) is -6.40. The van der Waals surface area contributed by atoms with Gasteiger partial charge in [0, 0.05) is 19.3 Å².